The molecule has 0 bridgehead atoms. The van der Waals surface area contributed by atoms with E-state index >= 15 is 0 Å². The monoisotopic (exact) mass is 306 g/mol. The number of thioether (sulfide) groups is 1. The summed E-state index contributed by atoms with van der Waals surface area (Å²) >= 11 is 1.09. The lowest BCUT2D eigenvalue weighted by Crippen LogP contribution is -2.09. The van der Waals surface area contributed by atoms with Crippen molar-refractivity contribution in [1.82, 2.24) is 5.16 Å². The van der Waals surface area contributed by atoms with E-state index in [0.717, 1.165) is 28.2 Å². The summed E-state index contributed by atoms with van der Waals surface area (Å²) in [4.78, 5) is 12.8. The lowest BCUT2D eigenvalue weighted by Gasteiger charge is -2.11. The van der Waals surface area contributed by atoms with Crippen LogP contribution in [0.2, 0.25) is 0 Å². The van der Waals surface area contributed by atoms with Crippen molar-refractivity contribution >= 4 is 22.8 Å². The van der Waals surface area contributed by atoms with E-state index in [9.17, 15) is 4.79 Å². The van der Waals surface area contributed by atoms with Gasteiger partial charge in [-0.3, -0.25) is 10.1 Å². The van der Waals surface area contributed by atoms with Crippen LogP contribution in [0.3, 0.4) is 0 Å². The van der Waals surface area contributed by atoms with Crippen LogP contribution < -0.4 is 10.1 Å². The van der Waals surface area contributed by atoms with Crippen molar-refractivity contribution in [3.8, 4) is 5.75 Å². The smallest absolute Gasteiger partial charge is 0.289 e. The number of methoxy groups -OCH3 is 1. The fraction of sp³-hybridized carbons (Fsp3) is 0.333. The molecule has 2 aromatic rings. The van der Waals surface area contributed by atoms with Crippen molar-refractivity contribution in [2.75, 3.05) is 12.4 Å². The molecule has 1 heterocycles. The molecule has 0 aliphatic carbocycles. The molecule has 0 aliphatic heterocycles. The molecule has 0 saturated carbocycles. The first-order valence-corrected chi connectivity index (χ1v) is 7.30. The molecule has 1 N–H and O–H groups in total. The second kappa shape index (κ2) is 6.22. The van der Waals surface area contributed by atoms with Crippen LogP contribution in [0.15, 0.2) is 39.8 Å². The summed E-state index contributed by atoms with van der Waals surface area (Å²) in [6.07, 6.45) is 0. The maximum Gasteiger partial charge on any atom is 0.289 e. The number of nitrogens with zero attached hydrogens (tertiary/aromatic N) is 1. The fourth-order valence-corrected chi connectivity index (χ4v) is 2.21. The van der Waals surface area contributed by atoms with Gasteiger partial charge in [0.15, 0.2) is 5.82 Å². The molecule has 112 valence electrons. The molecule has 2 rings (SSSR count). The third-order valence-corrected chi connectivity index (χ3v) is 3.54. The van der Waals surface area contributed by atoms with Crippen LogP contribution in [-0.2, 0) is 5.41 Å². The fourth-order valence-electron chi connectivity index (χ4n) is 1.57. The summed E-state index contributed by atoms with van der Waals surface area (Å²) < 4.78 is 10.3. The Morgan fingerprint density at radius 1 is 1.29 bits per heavy atom. The van der Waals surface area contributed by atoms with Gasteiger partial charge in [-0.15, -0.1) is 0 Å². The number of hydrogen-bond donors (Lipinski definition) is 1. The summed E-state index contributed by atoms with van der Waals surface area (Å²) in [5.41, 5.74) is -0.140. The molecule has 0 unspecified atom stereocenters. The lowest BCUT2D eigenvalue weighted by molar-refractivity contribution is 0.269. The van der Waals surface area contributed by atoms with Crippen molar-refractivity contribution in [2.24, 2.45) is 0 Å². The van der Waals surface area contributed by atoms with Gasteiger partial charge < -0.3 is 9.26 Å². The zero-order valence-corrected chi connectivity index (χ0v) is 13.3. The number of hydrogen-bond acceptors (Lipinski definition) is 5. The van der Waals surface area contributed by atoms with E-state index < -0.39 is 0 Å². The molecule has 0 radical (unpaired) electrons. The van der Waals surface area contributed by atoms with E-state index in [0.29, 0.717) is 5.82 Å². The number of benzene rings is 1. The standard InChI is InChI=1S/C15H18N2O3S/c1-15(2,3)12-9-13(17-20-12)16-14(18)21-11-7-5-10(19-4)6-8-11/h5-9H,1-4H3,(H,16,17,18). The SMILES string of the molecule is COc1ccc(SC(=O)Nc2cc(C(C)(C)C)on2)cc1. The number of carbonyl (C=O) groups excluding carboxylic acids is 1. The molecule has 1 amide bonds. The summed E-state index contributed by atoms with van der Waals surface area (Å²) in [5, 5.41) is 6.34. The zero-order chi connectivity index (χ0) is 15.5. The minimum Gasteiger partial charge on any atom is -0.497 e. The Morgan fingerprint density at radius 3 is 2.48 bits per heavy atom. The Morgan fingerprint density at radius 2 is 1.95 bits per heavy atom. The molecule has 6 heteroatoms. The highest BCUT2D eigenvalue weighted by molar-refractivity contribution is 8.13. The van der Waals surface area contributed by atoms with Gasteiger partial charge >= 0.3 is 0 Å². The van der Waals surface area contributed by atoms with Gasteiger partial charge in [0.05, 0.1) is 7.11 Å². The molecule has 0 spiro atoms. The summed E-state index contributed by atoms with van der Waals surface area (Å²) in [6, 6.07) is 9.01. The predicted molar refractivity (Wildman–Crippen MR) is 83.1 cm³/mol. The molecule has 5 nitrogen and oxygen atoms in total. The second-order valence-corrected chi connectivity index (χ2v) is 6.56. The molecule has 0 fully saturated rings. The second-order valence-electron chi connectivity index (χ2n) is 5.52. The molecule has 1 aromatic heterocycles. The first-order valence-electron chi connectivity index (χ1n) is 6.48. The summed E-state index contributed by atoms with van der Waals surface area (Å²) in [7, 11) is 1.60. The first-order chi connectivity index (χ1) is 9.88. The van der Waals surface area contributed by atoms with Crippen LogP contribution in [0.4, 0.5) is 10.6 Å². The number of carbonyl (C=O) groups is 1. The highest BCUT2D eigenvalue weighted by Crippen LogP contribution is 2.26. The van der Waals surface area contributed by atoms with Gasteiger partial charge in [-0.25, -0.2) is 0 Å². The van der Waals surface area contributed by atoms with Gasteiger partial charge in [-0.05, 0) is 36.0 Å². The van der Waals surface area contributed by atoms with Gasteiger partial charge in [0.25, 0.3) is 5.24 Å². The number of ether oxygens (including phenoxy) is 1. The van der Waals surface area contributed by atoms with Crippen LogP contribution in [-0.4, -0.2) is 17.5 Å². The number of anilines is 1. The number of rotatable bonds is 3. The Bertz CT molecular complexity index is 615. The Balaban J connectivity index is 1.96. The molecule has 0 saturated heterocycles. The van der Waals surface area contributed by atoms with Crippen LogP contribution in [0.1, 0.15) is 26.5 Å². The highest BCUT2D eigenvalue weighted by atomic mass is 32.2. The average molecular weight is 306 g/mol. The third kappa shape index (κ3) is 4.26. The van der Waals surface area contributed by atoms with Crippen molar-refractivity contribution in [1.29, 1.82) is 0 Å². The number of amides is 1. The summed E-state index contributed by atoms with van der Waals surface area (Å²) in [6.45, 7) is 6.06. The van der Waals surface area contributed by atoms with E-state index in [-0.39, 0.29) is 10.7 Å². The highest BCUT2D eigenvalue weighted by Gasteiger charge is 2.20. The molecule has 0 aliphatic rings. The van der Waals surface area contributed by atoms with Crippen molar-refractivity contribution in [3.05, 3.63) is 36.1 Å². The van der Waals surface area contributed by atoms with Crippen molar-refractivity contribution in [3.63, 3.8) is 0 Å². The van der Waals surface area contributed by atoms with Crippen molar-refractivity contribution in [2.45, 2.75) is 31.1 Å². The molecular formula is C15H18N2O3S. The van der Waals surface area contributed by atoms with E-state index in [2.05, 4.69) is 10.5 Å². The molecule has 21 heavy (non-hydrogen) atoms. The first kappa shape index (κ1) is 15.4. The Labute approximate surface area is 128 Å². The van der Waals surface area contributed by atoms with E-state index in [1.165, 1.54) is 0 Å². The zero-order valence-electron chi connectivity index (χ0n) is 12.5. The predicted octanol–water partition coefficient (Wildman–Crippen LogP) is 4.30. The average Bonchev–Trinajstić information content (AvgIpc) is 2.88. The minimum absolute atomic E-state index is 0.140. The number of aromatic nitrogens is 1. The van der Waals surface area contributed by atoms with Crippen LogP contribution in [0, 0.1) is 0 Å². The van der Waals surface area contributed by atoms with Crippen LogP contribution in [0.25, 0.3) is 0 Å². The lowest BCUT2D eigenvalue weighted by atomic mass is 9.93. The molecular weight excluding hydrogens is 288 g/mol. The van der Waals surface area contributed by atoms with Gasteiger partial charge in [0, 0.05) is 16.4 Å². The quantitative estimate of drug-likeness (QED) is 0.856. The largest absolute Gasteiger partial charge is 0.497 e. The third-order valence-electron chi connectivity index (χ3n) is 2.75. The van der Waals surface area contributed by atoms with E-state index in [4.69, 9.17) is 9.26 Å². The summed E-state index contributed by atoms with van der Waals surface area (Å²) in [5.74, 6) is 1.91. The van der Waals surface area contributed by atoms with E-state index in [1.807, 2.05) is 45.0 Å². The topological polar surface area (TPSA) is 64.4 Å². The maximum absolute atomic E-state index is 11.9. The Hall–Kier alpha value is -1.95. The van der Waals surface area contributed by atoms with Crippen LogP contribution >= 0.6 is 11.8 Å². The number of nitrogens with one attached hydrogen (secondary N) is 1. The minimum atomic E-state index is -0.214. The van der Waals surface area contributed by atoms with Gasteiger partial charge in [0.2, 0.25) is 0 Å². The maximum atomic E-state index is 11.9. The van der Waals surface area contributed by atoms with Crippen LogP contribution in [0.5, 0.6) is 5.75 Å². The van der Waals surface area contributed by atoms with E-state index in [1.54, 1.807) is 13.2 Å². The molecule has 0 atom stereocenters. The van der Waals surface area contributed by atoms with Gasteiger partial charge in [0.1, 0.15) is 11.5 Å². The molecule has 1 aromatic carbocycles. The normalized spacial score (nSPS) is 11.2. The Kier molecular flexibility index (Phi) is 4.57. The van der Waals surface area contributed by atoms with Crippen molar-refractivity contribution < 1.29 is 14.1 Å². The van der Waals surface area contributed by atoms with Gasteiger partial charge in [-0.1, -0.05) is 25.9 Å². The van der Waals surface area contributed by atoms with Gasteiger partial charge in [-0.2, -0.15) is 0 Å².